The fraction of sp³-hybridized carbons (Fsp3) is 0.333. The Bertz CT molecular complexity index is 780. The van der Waals surface area contributed by atoms with E-state index in [1.807, 2.05) is 37.3 Å². The number of nitrogens with two attached hydrogens (primary N) is 1. The topological polar surface area (TPSA) is 96.2 Å². The second-order valence-electron chi connectivity index (χ2n) is 6.62. The molecular formula is C21H27ClN4O2. The van der Waals surface area contributed by atoms with Crippen LogP contribution in [-0.2, 0) is 9.59 Å². The molecule has 0 heterocycles. The molecule has 2 aromatic rings. The van der Waals surface area contributed by atoms with Crippen molar-refractivity contribution in [1.82, 2.24) is 5.32 Å². The molecule has 0 fully saturated rings. The third kappa shape index (κ3) is 7.58. The first-order valence-corrected chi connectivity index (χ1v) is 9.72. The molecule has 7 heteroatoms. The number of rotatable bonds is 10. The van der Waals surface area contributed by atoms with Gasteiger partial charge >= 0.3 is 0 Å². The van der Waals surface area contributed by atoms with E-state index in [4.69, 9.17) is 17.3 Å². The van der Waals surface area contributed by atoms with E-state index in [9.17, 15) is 9.59 Å². The second-order valence-corrected chi connectivity index (χ2v) is 7.06. The molecule has 28 heavy (non-hydrogen) atoms. The normalized spacial score (nSPS) is 11.5. The van der Waals surface area contributed by atoms with Gasteiger partial charge in [0.2, 0.25) is 11.8 Å². The van der Waals surface area contributed by atoms with Crippen LogP contribution in [-0.4, -0.2) is 30.9 Å². The summed E-state index contributed by atoms with van der Waals surface area (Å²) in [6.07, 6.45) is 2.08. The predicted molar refractivity (Wildman–Crippen MR) is 115 cm³/mol. The third-order valence-corrected chi connectivity index (χ3v) is 4.43. The quantitative estimate of drug-likeness (QED) is 0.458. The Kier molecular flexibility index (Phi) is 8.78. The first-order chi connectivity index (χ1) is 13.5. The fourth-order valence-corrected chi connectivity index (χ4v) is 2.84. The Labute approximate surface area is 170 Å². The summed E-state index contributed by atoms with van der Waals surface area (Å²) in [5.41, 5.74) is 8.10. The Morgan fingerprint density at radius 1 is 1.07 bits per heavy atom. The van der Waals surface area contributed by atoms with Gasteiger partial charge in [0, 0.05) is 16.4 Å². The van der Waals surface area contributed by atoms with E-state index in [0.717, 1.165) is 24.1 Å². The maximum absolute atomic E-state index is 12.7. The van der Waals surface area contributed by atoms with Crippen LogP contribution in [0.2, 0.25) is 5.02 Å². The highest BCUT2D eigenvalue weighted by Gasteiger charge is 2.20. The van der Waals surface area contributed by atoms with Crippen LogP contribution in [0.4, 0.5) is 11.4 Å². The number of halogens is 1. The highest BCUT2D eigenvalue weighted by atomic mass is 35.5. The maximum Gasteiger partial charge on any atom is 0.246 e. The van der Waals surface area contributed by atoms with Gasteiger partial charge in [0.05, 0.1) is 6.54 Å². The highest BCUT2D eigenvalue weighted by Crippen LogP contribution is 2.14. The lowest BCUT2D eigenvalue weighted by Crippen LogP contribution is -2.45. The van der Waals surface area contributed by atoms with Crippen molar-refractivity contribution in [1.29, 1.82) is 0 Å². The van der Waals surface area contributed by atoms with E-state index in [-0.39, 0.29) is 18.4 Å². The molecule has 0 aliphatic heterocycles. The average Bonchev–Trinajstić information content (AvgIpc) is 2.67. The summed E-state index contributed by atoms with van der Waals surface area (Å²) in [6.45, 7) is 2.58. The van der Waals surface area contributed by atoms with Crippen molar-refractivity contribution in [2.75, 3.05) is 23.7 Å². The molecule has 2 aromatic carbocycles. The van der Waals surface area contributed by atoms with Gasteiger partial charge in [0.25, 0.3) is 0 Å². The number of unbranched alkanes of at least 4 members (excludes halogenated alkanes) is 1. The predicted octanol–water partition coefficient (Wildman–Crippen LogP) is 3.31. The number of aryl methyl sites for hydroxylation is 1. The van der Waals surface area contributed by atoms with Gasteiger partial charge in [-0.05, 0) is 63.1 Å². The smallest absolute Gasteiger partial charge is 0.246 e. The molecule has 0 bridgehead atoms. The van der Waals surface area contributed by atoms with E-state index in [1.54, 1.807) is 18.2 Å². The molecule has 0 aromatic heterocycles. The van der Waals surface area contributed by atoms with Crippen molar-refractivity contribution in [3.05, 3.63) is 59.1 Å². The molecule has 0 radical (unpaired) electrons. The van der Waals surface area contributed by atoms with Crippen molar-refractivity contribution in [3.63, 3.8) is 0 Å². The number of anilines is 2. The number of benzene rings is 2. The number of hydrogen-bond acceptors (Lipinski definition) is 4. The summed E-state index contributed by atoms with van der Waals surface area (Å²) in [6, 6.07) is 14.0. The van der Waals surface area contributed by atoms with Gasteiger partial charge in [-0.2, -0.15) is 0 Å². The molecular weight excluding hydrogens is 376 g/mol. The van der Waals surface area contributed by atoms with Crippen LogP contribution in [0.1, 0.15) is 24.8 Å². The Hall–Kier alpha value is -2.57. The zero-order chi connectivity index (χ0) is 20.4. The number of hydrogen-bond donors (Lipinski definition) is 4. The van der Waals surface area contributed by atoms with Gasteiger partial charge in [-0.1, -0.05) is 35.4 Å². The summed E-state index contributed by atoms with van der Waals surface area (Å²) in [5, 5.41) is 9.26. The van der Waals surface area contributed by atoms with Crippen molar-refractivity contribution in [2.45, 2.75) is 32.2 Å². The molecule has 0 aliphatic rings. The van der Waals surface area contributed by atoms with E-state index in [1.165, 1.54) is 0 Å². The molecule has 6 nitrogen and oxygen atoms in total. The molecule has 150 valence electrons. The van der Waals surface area contributed by atoms with Gasteiger partial charge in [-0.25, -0.2) is 0 Å². The third-order valence-electron chi connectivity index (χ3n) is 4.20. The SMILES string of the molecule is Cc1ccc(NC(=O)[C@H](CCCCN)NC(=O)CNc2cccc(Cl)c2)cc1. The second kappa shape index (κ2) is 11.3. The van der Waals surface area contributed by atoms with Gasteiger partial charge in [0.1, 0.15) is 6.04 Å². The van der Waals surface area contributed by atoms with Crippen LogP contribution in [0.5, 0.6) is 0 Å². The summed E-state index contributed by atoms with van der Waals surface area (Å²) in [5.74, 6) is -0.506. The highest BCUT2D eigenvalue weighted by molar-refractivity contribution is 6.30. The summed E-state index contributed by atoms with van der Waals surface area (Å²) >= 11 is 5.94. The van der Waals surface area contributed by atoms with Crippen molar-refractivity contribution < 1.29 is 9.59 Å². The monoisotopic (exact) mass is 402 g/mol. The average molecular weight is 403 g/mol. The van der Waals surface area contributed by atoms with Crippen molar-refractivity contribution in [2.24, 2.45) is 5.73 Å². The maximum atomic E-state index is 12.7. The largest absolute Gasteiger partial charge is 0.376 e. The van der Waals surface area contributed by atoms with Crippen LogP contribution in [0.3, 0.4) is 0 Å². The van der Waals surface area contributed by atoms with Crippen LogP contribution >= 0.6 is 11.6 Å². The van der Waals surface area contributed by atoms with Crippen molar-refractivity contribution in [3.8, 4) is 0 Å². The zero-order valence-electron chi connectivity index (χ0n) is 16.0. The zero-order valence-corrected chi connectivity index (χ0v) is 16.8. The first kappa shape index (κ1) is 21.7. The Morgan fingerprint density at radius 3 is 2.50 bits per heavy atom. The lowest BCUT2D eigenvalue weighted by Gasteiger charge is -2.19. The Balaban J connectivity index is 1.93. The van der Waals surface area contributed by atoms with Gasteiger partial charge < -0.3 is 21.7 Å². The number of amides is 2. The van der Waals surface area contributed by atoms with E-state index < -0.39 is 6.04 Å². The molecule has 0 saturated heterocycles. The summed E-state index contributed by atoms with van der Waals surface area (Å²) in [4.78, 5) is 25.0. The first-order valence-electron chi connectivity index (χ1n) is 9.34. The molecule has 1 atom stereocenters. The van der Waals surface area contributed by atoms with Crippen LogP contribution in [0.15, 0.2) is 48.5 Å². The minimum absolute atomic E-state index is 0.0472. The molecule has 0 unspecified atom stereocenters. The number of carbonyl (C=O) groups is 2. The van der Waals surface area contributed by atoms with E-state index in [2.05, 4.69) is 16.0 Å². The molecule has 0 spiro atoms. The van der Waals surface area contributed by atoms with Crippen LogP contribution in [0.25, 0.3) is 0 Å². The van der Waals surface area contributed by atoms with Gasteiger partial charge in [-0.3, -0.25) is 9.59 Å². The standard InChI is InChI=1S/C21H27ClN4O2/c1-15-8-10-17(11-9-15)25-21(28)19(7-2-3-12-23)26-20(27)14-24-18-6-4-5-16(22)13-18/h4-6,8-11,13,19,24H,2-3,7,12,14,23H2,1H3,(H,25,28)(H,26,27)/t19-/m0/s1. The van der Waals surface area contributed by atoms with Crippen LogP contribution in [0, 0.1) is 6.92 Å². The van der Waals surface area contributed by atoms with E-state index >= 15 is 0 Å². The Morgan fingerprint density at radius 2 is 1.82 bits per heavy atom. The fourth-order valence-electron chi connectivity index (χ4n) is 2.65. The summed E-state index contributed by atoms with van der Waals surface area (Å²) < 4.78 is 0. The van der Waals surface area contributed by atoms with Crippen LogP contribution < -0.4 is 21.7 Å². The number of carbonyl (C=O) groups excluding carboxylic acids is 2. The minimum atomic E-state index is -0.624. The minimum Gasteiger partial charge on any atom is -0.376 e. The van der Waals surface area contributed by atoms with Crippen molar-refractivity contribution >= 4 is 34.8 Å². The lowest BCUT2D eigenvalue weighted by molar-refractivity contribution is -0.125. The van der Waals surface area contributed by atoms with Gasteiger partial charge in [0.15, 0.2) is 0 Å². The summed E-state index contributed by atoms with van der Waals surface area (Å²) in [7, 11) is 0. The molecule has 2 amide bonds. The molecule has 0 saturated carbocycles. The lowest BCUT2D eigenvalue weighted by atomic mass is 10.1. The molecule has 5 N–H and O–H groups in total. The molecule has 0 aliphatic carbocycles. The molecule has 2 rings (SSSR count). The number of nitrogens with one attached hydrogen (secondary N) is 3. The van der Waals surface area contributed by atoms with E-state index in [0.29, 0.717) is 23.7 Å². The van der Waals surface area contributed by atoms with Gasteiger partial charge in [-0.15, -0.1) is 0 Å².